The zero-order chi connectivity index (χ0) is 11.9. The van der Waals surface area contributed by atoms with Crippen molar-refractivity contribution in [2.75, 3.05) is 12.3 Å². The fourth-order valence-electron chi connectivity index (χ4n) is 1.39. The van der Waals surface area contributed by atoms with Crippen LogP contribution in [-0.2, 0) is 0 Å². The van der Waals surface area contributed by atoms with Gasteiger partial charge in [-0.05, 0) is 17.7 Å². The SMILES string of the molecule is Nc1ccnc(OC/C=C/c2ccccc2)c1. The van der Waals surface area contributed by atoms with Crippen LogP contribution in [0.1, 0.15) is 5.56 Å². The van der Waals surface area contributed by atoms with E-state index in [-0.39, 0.29) is 0 Å². The lowest BCUT2D eigenvalue weighted by Gasteiger charge is -2.01. The molecule has 3 nitrogen and oxygen atoms in total. The smallest absolute Gasteiger partial charge is 0.215 e. The zero-order valence-corrected chi connectivity index (χ0v) is 9.41. The Morgan fingerprint density at radius 3 is 2.76 bits per heavy atom. The van der Waals surface area contributed by atoms with Gasteiger partial charge in [0, 0.05) is 18.0 Å². The zero-order valence-electron chi connectivity index (χ0n) is 9.41. The van der Waals surface area contributed by atoms with Crippen molar-refractivity contribution < 1.29 is 4.74 Å². The third-order valence-corrected chi connectivity index (χ3v) is 2.20. The third-order valence-electron chi connectivity index (χ3n) is 2.20. The van der Waals surface area contributed by atoms with Gasteiger partial charge in [-0.25, -0.2) is 4.98 Å². The van der Waals surface area contributed by atoms with Crippen LogP contribution in [0.4, 0.5) is 5.69 Å². The summed E-state index contributed by atoms with van der Waals surface area (Å²) in [5.74, 6) is 0.544. The highest BCUT2D eigenvalue weighted by Gasteiger charge is 1.93. The van der Waals surface area contributed by atoms with Gasteiger partial charge in [-0.15, -0.1) is 0 Å². The highest BCUT2D eigenvalue weighted by Crippen LogP contribution is 2.10. The molecule has 2 aromatic rings. The summed E-state index contributed by atoms with van der Waals surface area (Å²) >= 11 is 0. The van der Waals surface area contributed by atoms with Gasteiger partial charge in [-0.3, -0.25) is 0 Å². The molecule has 1 aromatic carbocycles. The number of hydrogen-bond donors (Lipinski definition) is 1. The minimum Gasteiger partial charge on any atom is -0.473 e. The number of hydrogen-bond acceptors (Lipinski definition) is 3. The Morgan fingerprint density at radius 2 is 2.00 bits per heavy atom. The summed E-state index contributed by atoms with van der Waals surface area (Å²) < 4.78 is 5.43. The molecule has 0 amide bonds. The Balaban J connectivity index is 1.86. The number of nitrogens with zero attached hydrogens (tertiary/aromatic N) is 1. The van der Waals surface area contributed by atoms with Crippen molar-refractivity contribution in [3.05, 3.63) is 60.3 Å². The van der Waals surface area contributed by atoms with Gasteiger partial charge in [-0.2, -0.15) is 0 Å². The third kappa shape index (κ3) is 3.65. The Hall–Kier alpha value is -2.29. The van der Waals surface area contributed by atoms with Gasteiger partial charge in [0.15, 0.2) is 0 Å². The molecule has 0 fully saturated rings. The van der Waals surface area contributed by atoms with E-state index in [1.165, 1.54) is 0 Å². The number of nitrogens with two attached hydrogens (primary N) is 1. The average Bonchev–Trinajstić information content (AvgIpc) is 2.36. The first-order valence-electron chi connectivity index (χ1n) is 5.40. The van der Waals surface area contributed by atoms with Crippen molar-refractivity contribution in [2.45, 2.75) is 0 Å². The Labute approximate surface area is 101 Å². The van der Waals surface area contributed by atoms with E-state index >= 15 is 0 Å². The van der Waals surface area contributed by atoms with Crippen molar-refractivity contribution in [1.29, 1.82) is 0 Å². The van der Waals surface area contributed by atoms with Crippen LogP contribution >= 0.6 is 0 Å². The number of anilines is 1. The lowest BCUT2D eigenvalue weighted by Crippen LogP contribution is -1.96. The Morgan fingerprint density at radius 1 is 1.18 bits per heavy atom. The fourth-order valence-corrected chi connectivity index (χ4v) is 1.39. The van der Waals surface area contributed by atoms with E-state index in [9.17, 15) is 0 Å². The summed E-state index contributed by atoms with van der Waals surface area (Å²) in [6.45, 7) is 0.478. The first-order valence-corrected chi connectivity index (χ1v) is 5.40. The molecule has 3 heteroatoms. The summed E-state index contributed by atoms with van der Waals surface area (Å²) in [6.07, 6.45) is 5.58. The predicted octanol–water partition coefficient (Wildman–Crippen LogP) is 2.76. The lowest BCUT2D eigenvalue weighted by atomic mass is 10.2. The maximum absolute atomic E-state index is 5.62. The van der Waals surface area contributed by atoms with Crippen LogP contribution in [0.15, 0.2) is 54.7 Å². The van der Waals surface area contributed by atoms with Crippen molar-refractivity contribution in [3.63, 3.8) is 0 Å². The maximum Gasteiger partial charge on any atom is 0.215 e. The van der Waals surface area contributed by atoms with Crippen molar-refractivity contribution in [2.24, 2.45) is 0 Å². The molecule has 0 radical (unpaired) electrons. The topological polar surface area (TPSA) is 48.1 Å². The van der Waals surface area contributed by atoms with Crippen LogP contribution in [0.3, 0.4) is 0 Å². The molecule has 0 unspecified atom stereocenters. The molecule has 0 saturated carbocycles. The first kappa shape index (κ1) is 11.2. The van der Waals surface area contributed by atoms with Gasteiger partial charge in [0.2, 0.25) is 5.88 Å². The van der Waals surface area contributed by atoms with Crippen LogP contribution in [-0.4, -0.2) is 11.6 Å². The summed E-state index contributed by atoms with van der Waals surface area (Å²) in [5.41, 5.74) is 7.42. The van der Waals surface area contributed by atoms with E-state index in [1.807, 2.05) is 42.5 Å². The molecule has 0 spiro atoms. The Kier molecular flexibility index (Phi) is 3.76. The average molecular weight is 226 g/mol. The molecule has 0 aliphatic heterocycles. The molecule has 0 atom stereocenters. The molecule has 2 rings (SSSR count). The van der Waals surface area contributed by atoms with Gasteiger partial charge in [-0.1, -0.05) is 36.4 Å². The van der Waals surface area contributed by atoms with E-state index in [0.717, 1.165) is 5.56 Å². The molecule has 17 heavy (non-hydrogen) atoms. The second-order valence-corrected chi connectivity index (χ2v) is 3.55. The predicted molar refractivity (Wildman–Crippen MR) is 69.6 cm³/mol. The molecule has 0 aliphatic rings. The quantitative estimate of drug-likeness (QED) is 0.872. The largest absolute Gasteiger partial charge is 0.473 e. The summed E-state index contributed by atoms with van der Waals surface area (Å²) in [5, 5.41) is 0. The molecular formula is C14H14N2O. The standard InChI is InChI=1S/C14H14N2O/c15-13-8-9-16-14(11-13)17-10-4-7-12-5-2-1-3-6-12/h1-9,11H,10H2,(H2,15,16)/b7-4+. The highest BCUT2D eigenvalue weighted by molar-refractivity contribution is 5.48. The van der Waals surface area contributed by atoms with Crippen molar-refractivity contribution >= 4 is 11.8 Å². The van der Waals surface area contributed by atoms with Gasteiger partial charge in [0.05, 0.1) is 0 Å². The fraction of sp³-hybridized carbons (Fsp3) is 0.0714. The Bertz CT molecular complexity index is 495. The summed E-state index contributed by atoms with van der Waals surface area (Å²) in [4.78, 5) is 4.05. The summed E-state index contributed by atoms with van der Waals surface area (Å²) in [6, 6.07) is 13.5. The van der Waals surface area contributed by atoms with Crippen LogP contribution < -0.4 is 10.5 Å². The minimum atomic E-state index is 0.478. The number of pyridine rings is 1. The van der Waals surface area contributed by atoms with E-state index in [1.54, 1.807) is 18.3 Å². The second-order valence-electron chi connectivity index (χ2n) is 3.55. The number of ether oxygens (including phenoxy) is 1. The van der Waals surface area contributed by atoms with Gasteiger partial charge < -0.3 is 10.5 Å². The van der Waals surface area contributed by atoms with Crippen molar-refractivity contribution in [3.8, 4) is 5.88 Å². The molecule has 2 N–H and O–H groups in total. The van der Waals surface area contributed by atoms with E-state index in [0.29, 0.717) is 18.2 Å². The van der Waals surface area contributed by atoms with E-state index in [4.69, 9.17) is 10.5 Å². The molecule has 0 saturated heterocycles. The van der Waals surface area contributed by atoms with Gasteiger partial charge in [0.25, 0.3) is 0 Å². The first-order chi connectivity index (χ1) is 8.34. The number of benzene rings is 1. The maximum atomic E-state index is 5.62. The summed E-state index contributed by atoms with van der Waals surface area (Å²) in [7, 11) is 0. The highest BCUT2D eigenvalue weighted by atomic mass is 16.5. The number of aromatic nitrogens is 1. The normalized spacial score (nSPS) is 10.6. The van der Waals surface area contributed by atoms with Crippen LogP contribution in [0.2, 0.25) is 0 Å². The number of rotatable bonds is 4. The van der Waals surface area contributed by atoms with Gasteiger partial charge >= 0.3 is 0 Å². The van der Waals surface area contributed by atoms with E-state index < -0.39 is 0 Å². The minimum absolute atomic E-state index is 0.478. The molecule has 86 valence electrons. The molecular weight excluding hydrogens is 212 g/mol. The van der Waals surface area contributed by atoms with Gasteiger partial charge in [0.1, 0.15) is 6.61 Å². The van der Waals surface area contributed by atoms with Crippen molar-refractivity contribution in [1.82, 2.24) is 4.98 Å². The van der Waals surface area contributed by atoms with Crippen LogP contribution in [0.5, 0.6) is 5.88 Å². The van der Waals surface area contributed by atoms with Crippen LogP contribution in [0.25, 0.3) is 6.08 Å². The number of nitrogen functional groups attached to an aromatic ring is 1. The second kappa shape index (κ2) is 5.70. The molecule has 0 aliphatic carbocycles. The molecule has 1 aromatic heterocycles. The van der Waals surface area contributed by atoms with Crippen LogP contribution in [0, 0.1) is 0 Å². The lowest BCUT2D eigenvalue weighted by molar-refractivity contribution is 0.349. The molecule has 1 heterocycles. The monoisotopic (exact) mass is 226 g/mol. The molecule has 0 bridgehead atoms. The van der Waals surface area contributed by atoms with E-state index in [2.05, 4.69) is 4.98 Å².